The summed E-state index contributed by atoms with van der Waals surface area (Å²) in [5.41, 5.74) is 3.59. The van der Waals surface area contributed by atoms with Gasteiger partial charge in [-0.2, -0.15) is 0 Å². The number of nitrogens with zero attached hydrogens (tertiary/aromatic N) is 4. The molecule has 43 heavy (non-hydrogen) atoms. The molecule has 2 aromatic heterocycles. The molecular formula is C29H24N6O4S4. The first-order valence-electron chi connectivity index (χ1n) is 13.2. The van der Waals surface area contributed by atoms with E-state index in [-0.39, 0.29) is 28.7 Å². The van der Waals surface area contributed by atoms with E-state index in [2.05, 4.69) is 25.8 Å². The van der Waals surface area contributed by atoms with Crippen LogP contribution in [0.5, 0.6) is 0 Å². The van der Waals surface area contributed by atoms with Crippen molar-refractivity contribution in [3.05, 3.63) is 98.6 Å². The number of carbonyl (C=O) groups is 3. The van der Waals surface area contributed by atoms with Crippen LogP contribution >= 0.6 is 46.7 Å². The molecule has 2 aliphatic rings. The van der Waals surface area contributed by atoms with Crippen LogP contribution in [0.3, 0.4) is 0 Å². The number of thiocarbonyl (C=S) groups is 1. The predicted octanol–water partition coefficient (Wildman–Crippen LogP) is 4.36. The van der Waals surface area contributed by atoms with Crippen molar-refractivity contribution in [3.8, 4) is 0 Å². The number of aromatic nitrogens is 3. The quantitative estimate of drug-likeness (QED) is 0.147. The van der Waals surface area contributed by atoms with Crippen molar-refractivity contribution in [1.29, 1.82) is 0 Å². The SMILES string of the molecule is Cc1nnc(C2=C(C(=S)OC(c3ccccc3)c3ccccc3)N3C(=O)[C@@H](NC(=O)Cc4csc(NC=O)n4)[C@H]3SC2)s1. The summed E-state index contributed by atoms with van der Waals surface area (Å²) >= 11 is 10.1. The van der Waals surface area contributed by atoms with Gasteiger partial charge in [-0.1, -0.05) is 72.0 Å². The Balaban J connectivity index is 1.27. The van der Waals surface area contributed by atoms with Crippen molar-refractivity contribution < 1.29 is 19.1 Å². The molecule has 0 bridgehead atoms. The first-order chi connectivity index (χ1) is 20.9. The van der Waals surface area contributed by atoms with Crippen LogP contribution in [0.15, 0.2) is 71.7 Å². The number of fused-ring (bicyclic) bond motifs is 1. The highest BCUT2D eigenvalue weighted by atomic mass is 32.2. The van der Waals surface area contributed by atoms with Gasteiger partial charge < -0.3 is 15.4 Å². The Hall–Kier alpha value is -3.98. The Bertz CT molecular complexity index is 1670. The van der Waals surface area contributed by atoms with Crippen LogP contribution in [0.25, 0.3) is 5.57 Å². The zero-order chi connectivity index (χ0) is 29.9. The highest BCUT2D eigenvalue weighted by Crippen LogP contribution is 2.45. The molecule has 2 aliphatic heterocycles. The molecule has 4 aromatic rings. The minimum atomic E-state index is -0.738. The number of anilines is 1. The highest BCUT2D eigenvalue weighted by Gasteiger charge is 2.54. The topological polar surface area (TPSA) is 126 Å². The number of thiazole rings is 1. The van der Waals surface area contributed by atoms with E-state index >= 15 is 0 Å². The number of carbonyl (C=O) groups excluding carboxylic acids is 3. The molecular weight excluding hydrogens is 625 g/mol. The molecule has 6 rings (SSSR count). The van der Waals surface area contributed by atoms with Crippen LogP contribution in [-0.2, 0) is 25.5 Å². The fourth-order valence-electron chi connectivity index (χ4n) is 4.83. The summed E-state index contributed by atoms with van der Waals surface area (Å²) in [6.45, 7) is 1.87. The number of ether oxygens (including phenoxy) is 1. The molecule has 2 atom stereocenters. The zero-order valence-corrected chi connectivity index (χ0v) is 25.9. The molecule has 0 saturated carbocycles. The minimum Gasteiger partial charge on any atom is -0.469 e. The van der Waals surface area contributed by atoms with Gasteiger partial charge in [-0.15, -0.1) is 33.3 Å². The van der Waals surface area contributed by atoms with Gasteiger partial charge >= 0.3 is 0 Å². The summed E-state index contributed by atoms with van der Waals surface area (Å²) in [6.07, 6.45) is 0.00728. The average molecular weight is 649 g/mol. The van der Waals surface area contributed by atoms with E-state index in [1.807, 2.05) is 67.6 Å². The third-order valence-electron chi connectivity index (χ3n) is 6.77. The molecule has 0 aliphatic carbocycles. The Labute approximate surface area is 264 Å². The van der Waals surface area contributed by atoms with Crippen LogP contribution in [-0.4, -0.2) is 60.5 Å². The molecule has 1 fully saturated rings. The maximum atomic E-state index is 13.6. The summed E-state index contributed by atoms with van der Waals surface area (Å²) in [7, 11) is 0. The smallest absolute Gasteiger partial charge is 0.253 e. The maximum absolute atomic E-state index is 13.6. The number of rotatable bonds is 10. The molecule has 14 heteroatoms. The monoisotopic (exact) mass is 648 g/mol. The number of amides is 3. The van der Waals surface area contributed by atoms with Crippen LogP contribution in [0.2, 0.25) is 0 Å². The van der Waals surface area contributed by atoms with Gasteiger partial charge in [0.1, 0.15) is 33.2 Å². The Morgan fingerprint density at radius 2 is 1.84 bits per heavy atom. The molecule has 218 valence electrons. The number of hydrogen-bond donors (Lipinski definition) is 2. The minimum absolute atomic E-state index is 0.0203. The molecule has 3 amide bonds. The molecule has 0 radical (unpaired) electrons. The highest BCUT2D eigenvalue weighted by molar-refractivity contribution is 8.00. The van der Waals surface area contributed by atoms with E-state index in [4.69, 9.17) is 17.0 Å². The Kier molecular flexibility index (Phi) is 8.61. The summed E-state index contributed by atoms with van der Waals surface area (Å²) in [4.78, 5) is 43.0. The lowest BCUT2D eigenvalue weighted by molar-refractivity contribution is -0.145. The maximum Gasteiger partial charge on any atom is 0.253 e. The van der Waals surface area contributed by atoms with Gasteiger partial charge in [0.2, 0.25) is 17.4 Å². The summed E-state index contributed by atoms with van der Waals surface area (Å²) in [5.74, 6) is -0.130. The lowest BCUT2D eigenvalue weighted by Crippen LogP contribution is -2.70. The first-order valence-corrected chi connectivity index (χ1v) is 16.3. The van der Waals surface area contributed by atoms with Crippen molar-refractivity contribution in [2.24, 2.45) is 0 Å². The third kappa shape index (κ3) is 6.09. The van der Waals surface area contributed by atoms with Gasteiger partial charge in [-0.3, -0.25) is 19.3 Å². The lowest BCUT2D eigenvalue weighted by atomic mass is 10.0. The van der Waals surface area contributed by atoms with Gasteiger partial charge in [0.25, 0.3) is 5.91 Å². The van der Waals surface area contributed by atoms with Crippen LogP contribution in [0.1, 0.15) is 32.9 Å². The molecule has 10 nitrogen and oxygen atoms in total. The molecule has 4 heterocycles. The molecule has 1 saturated heterocycles. The van der Waals surface area contributed by atoms with Crippen molar-refractivity contribution in [1.82, 2.24) is 25.4 Å². The second-order valence-corrected chi connectivity index (χ2v) is 13.1. The van der Waals surface area contributed by atoms with Crippen molar-refractivity contribution in [3.63, 3.8) is 0 Å². The number of aryl methyl sites for hydroxylation is 1. The molecule has 2 N–H and O–H groups in total. The van der Waals surface area contributed by atoms with E-state index in [0.717, 1.165) is 21.7 Å². The largest absolute Gasteiger partial charge is 0.469 e. The van der Waals surface area contributed by atoms with E-state index in [1.165, 1.54) is 34.4 Å². The van der Waals surface area contributed by atoms with Crippen molar-refractivity contribution in [2.75, 3.05) is 11.1 Å². The fraction of sp³-hybridized carbons (Fsp3) is 0.207. The Morgan fingerprint density at radius 1 is 1.14 bits per heavy atom. The van der Waals surface area contributed by atoms with Gasteiger partial charge in [0.05, 0.1) is 12.1 Å². The second kappa shape index (κ2) is 12.7. The number of β-lactam (4-membered cyclic amide) rings is 1. The van der Waals surface area contributed by atoms with Gasteiger partial charge in [0, 0.05) is 16.7 Å². The number of benzene rings is 2. The van der Waals surface area contributed by atoms with E-state index in [0.29, 0.717) is 33.7 Å². The molecule has 0 unspecified atom stereocenters. The zero-order valence-electron chi connectivity index (χ0n) is 22.6. The van der Waals surface area contributed by atoms with Crippen LogP contribution in [0.4, 0.5) is 5.13 Å². The van der Waals surface area contributed by atoms with E-state index < -0.39 is 12.1 Å². The summed E-state index contributed by atoms with van der Waals surface area (Å²) < 4.78 is 6.54. The first kappa shape index (κ1) is 29.1. The summed E-state index contributed by atoms with van der Waals surface area (Å²) in [5, 5.41) is 17.2. The van der Waals surface area contributed by atoms with Gasteiger partial charge in [-0.25, -0.2) is 4.98 Å². The van der Waals surface area contributed by atoms with Crippen LogP contribution in [0, 0.1) is 6.92 Å². The normalized spacial score (nSPS) is 17.7. The third-order valence-corrected chi connectivity index (χ3v) is 10.1. The molecule has 2 aromatic carbocycles. The standard InChI is InChI=1S/C29H24N6O4S4/c1-16-33-34-25(43-16)20-14-41-27-22(32-21(37)12-19-13-42-29(31-19)30-15-36)26(38)35(27)23(20)28(40)39-24(17-8-4-2-5-9-17)18-10-6-3-7-11-18/h2-11,13,15,22,24,27H,12,14H2,1H3,(H,32,37)(H,30,31,36)/t22-,27-/m1/s1. The van der Waals surface area contributed by atoms with Gasteiger partial charge in [-0.05, 0) is 30.3 Å². The second-order valence-electron chi connectivity index (χ2n) is 9.60. The molecule has 0 spiro atoms. The van der Waals surface area contributed by atoms with E-state index in [1.54, 1.807) is 10.3 Å². The van der Waals surface area contributed by atoms with Crippen molar-refractivity contribution in [2.45, 2.75) is 30.9 Å². The predicted molar refractivity (Wildman–Crippen MR) is 171 cm³/mol. The van der Waals surface area contributed by atoms with Crippen LogP contribution < -0.4 is 10.6 Å². The van der Waals surface area contributed by atoms with Crippen molar-refractivity contribution >= 4 is 80.6 Å². The number of thioether (sulfide) groups is 1. The fourth-order valence-corrected chi connectivity index (χ4v) is 7.99. The Morgan fingerprint density at radius 3 is 2.47 bits per heavy atom. The number of hydrogen-bond acceptors (Lipinski definition) is 11. The summed E-state index contributed by atoms with van der Waals surface area (Å²) in [6, 6.07) is 18.8. The average Bonchev–Trinajstić information content (AvgIpc) is 3.67. The van der Waals surface area contributed by atoms with Gasteiger partial charge in [0.15, 0.2) is 5.13 Å². The number of nitrogens with one attached hydrogen (secondary N) is 2. The lowest BCUT2D eigenvalue weighted by Gasteiger charge is -2.50. The van der Waals surface area contributed by atoms with E-state index in [9.17, 15) is 14.4 Å².